The first-order valence-corrected chi connectivity index (χ1v) is 7.53. The summed E-state index contributed by atoms with van der Waals surface area (Å²) in [5, 5.41) is 10.1. The van der Waals surface area contributed by atoms with Crippen LogP contribution >= 0.6 is 0 Å². The van der Waals surface area contributed by atoms with E-state index in [0.29, 0.717) is 13.2 Å². The summed E-state index contributed by atoms with van der Waals surface area (Å²) in [6, 6.07) is 6.43. The molecule has 0 spiro atoms. The van der Waals surface area contributed by atoms with E-state index in [1.807, 2.05) is 0 Å². The zero-order valence-corrected chi connectivity index (χ0v) is 13.8. The van der Waals surface area contributed by atoms with Gasteiger partial charge in [-0.15, -0.1) is 6.42 Å². The average Bonchev–Trinajstić information content (AvgIpc) is 2.48. The van der Waals surface area contributed by atoms with E-state index in [9.17, 15) is 5.11 Å². The molecular formula is C18H27NO3. The standard InChI is InChI=1S/C18H27NO3/c1-5-9-22-14-18(20)13-19(8-10-21-4)12-17-11-15(2)6-7-16(17)3/h1,6-7,11,18,20H,8-10,12-14H2,2-4H3/t18-/m1/s1. The van der Waals surface area contributed by atoms with Gasteiger partial charge in [0.1, 0.15) is 6.61 Å². The molecule has 1 atom stereocenters. The van der Waals surface area contributed by atoms with Gasteiger partial charge in [0, 0.05) is 26.7 Å². The summed E-state index contributed by atoms with van der Waals surface area (Å²) >= 11 is 0. The number of aliphatic hydroxyl groups excluding tert-OH is 1. The first kappa shape index (κ1) is 18.7. The van der Waals surface area contributed by atoms with Crippen molar-refractivity contribution < 1.29 is 14.6 Å². The van der Waals surface area contributed by atoms with Crippen LogP contribution in [0.5, 0.6) is 0 Å². The quantitative estimate of drug-likeness (QED) is 0.528. The summed E-state index contributed by atoms with van der Waals surface area (Å²) < 4.78 is 10.4. The van der Waals surface area contributed by atoms with E-state index in [0.717, 1.165) is 13.1 Å². The van der Waals surface area contributed by atoms with E-state index in [1.165, 1.54) is 16.7 Å². The summed E-state index contributed by atoms with van der Waals surface area (Å²) in [6.45, 7) is 7.37. The van der Waals surface area contributed by atoms with E-state index in [4.69, 9.17) is 15.9 Å². The zero-order chi connectivity index (χ0) is 16.4. The Kier molecular flexibility index (Phi) is 8.79. The highest BCUT2D eigenvalue weighted by Crippen LogP contribution is 2.13. The molecule has 1 rings (SSSR count). The van der Waals surface area contributed by atoms with Gasteiger partial charge in [0.15, 0.2) is 0 Å². The SMILES string of the molecule is C#CCOC[C@H](O)CN(CCOC)Cc1cc(C)ccc1C. The molecule has 0 aliphatic carbocycles. The van der Waals surface area contributed by atoms with Crippen molar-refractivity contribution in [1.29, 1.82) is 0 Å². The van der Waals surface area contributed by atoms with Crippen LogP contribution in [-0.4, -0.2) is 56.1 Å². The molecule has 0 heterocycles. The van der Waals surface area contributed by atoms with Crippen molar-refractivity contribution in [3.63, 3.8) is 0 Å². The zero-order valence-electron chi connectivity index (χ0n) is 13.8. The Morgan fingerprint density at radius 1 is 1.36 bits per heavy atom. The number of hydrogen-bond acceptors (Lipinski definition) is 4. The van der Waals surface area contributed by atoms with Crippen LogP contribution in [0.1, 0.15) is 16.7 Å². The molecule has 0 fully saturated rings. The second-order valence-electron chi connectivity index (χ2n) is 5.53. The third kappa shape index (κ3) is 7.06. The first-order chi connectivity index (χ1) is 10.6. The van der Waals surface area contributed by atoms with Crippen molar-refractivity contribution in [2.45, 2.75) is 26.5 Å². The molecule has 0 aliphatic rings. The van der Waals surface area contributed by atoms with Gasteiger partial charge in [-0.1, -0.05) is 29.7 Å². The van der Waals surface area contributed by atoms with Crippen LogP contribution in [0, 0.1) is 26.2 Å². The van der Waals surface area contributed by atoms with Gasteiger partial charge < -0.3 is 14.6 Å². The third-order valence-electron chi connectivity index (χ3n) is 3.47. The Balaban J connectivity index is 2.63. The largest absolute Gasteiger partial charge is 0.389 e. The predicted molar refractivity (Wildman–Crippen MR) is 88.7 cm³/mol. The second-order valence-corrected chi connectivity index (χ2v) is 5.53. The van der Waals surface area contributed by atoms with Gasteiger partial charge in [-0.3, -0.25) is 4.90 Å². The maximum Gasteiger partial charge on any atom is 0.107 e. The summed E-state index contributed by atoms with van der Waals surface area (Å²) in [5.41, 5.74) is 3.77. The molecule has 0 radical (unpaired) electrons. The van der Waals surface area contributed by atoms with E-state index in [2.05, 4.69) is 42.9 Å². The van der Waals surface area contributed by atoms with Crippen molar-refractivity contribution in [2.24, 2.45) is 0 Å². The number of aliphatic hydroxyl groups is 1. The monoisotopic (exact) mass is 305 g/mol. The Hall–Kier alpha value is -1.38. The minimum atomic E-state index is -0.560. The number of hydrogen-bond donors (Lipinski definition) is 1. The van der Waals surface area contributed by atoms with Crippen molar-refractivity contribution in [3.05, 3.63) is 34.9 Å². The Morgan fingerprint density at radius 2 is 2.14 bits per heavy atom. The molecule has 0 aromatic heterocycles. The number of benzene rings is 1. The van der Waals surface area contributed by atoms with E-state index in [-0.39, 0.29) is 13.2 Å². The fraction of sp³-hybridized carbons (Fsp3) is 0.556. The number of methoxy groups -OCH3 is 1. The fourth-order valence-electron chi connectivity index (χ4n) is 2.27. The maximum atomic E-state index is 10.1. The minimum Gasteiger partial charge on any atom is -0.389 e. The lowest BCUT2D eigenvalue weighted by Gasteiger charge is -2.25. The maximum absolute atomic E-state index is 10.1. The van der Waals surface area contributed by atoms with E-state index >= 15 is 0 Å². The normalized spacial score (nSPS) is 12.4. The van der Waals surface area contributed by atoms with Crippen LogP contribution in [-0.2, 0) is 16.0 Å². The Bertz CT molecular complexity index is 482. The molecule has 4 nitrogen and oxygen atoms in total. The van der Waals surface area contributed by atoms with Gasteiger partial charge in [0.2, 0.25) is 0 Å². The lowest BCUT2D eigenvalue weighted by atomic mass is 10.1. The number of terminal acetylenes is 1. The number of rotatable bonds is 10. The van der Waals surface area contributed by atoms with Crippen molar-refractivity contribution in [3.8, 4) is 12.3 Å². The highest BCUT2D eigenvalue weighted by molar-refractivity contribution is 5.30. The average molecular weight is 305 g/mol. The predicted octanol–water partition coefficient (Wildman–Crippen LogP) is 1.76. The van der Waals surface area contributed by atoms with Crippen LogP contribution < -0.4 is 0 Å². The van der Waals surface area contributed by atoms with Gasteiger partial charge >= 0.3 is 0 Å². The summed E-state index contributed by atoms with van der Waals surface area (Å²) in [5.74, 6) is 2.40. The van der Waals surface area contributed by atoms with Crippen molar-refractivity contribution in [2.75, 3.05) is 40.0 Å². The van der Waals surface area contributed by atoms with Crippen molar-refractivity contribution >= 4 is 0 Å². The molecule has 0 saturated carbocycles. The van der Waals surface area contributed by atoms with Gasteiger partial charge in [0.05, 0.1) is 19.3 Å². The molecule has 0 unspecified atom stereocenters. The molecule has 0 saturated heterocycles. The van der Waals surface area contributed by atoms with Crippen LogP contribution in [0.3, 0.4) is 0 Å². The molecule has 1 aromatic rings. The summed E-state index contributed by atoms with van der Waals surface area (Å²) in [7, 11) is 1.68. The lowest BCUT2D eigenvalue weighted by Crippen LogP contribution is -2.36. The lowest BCUT2D eigenvalue weighted by molar-refractivity contribution is 0.0207. The molecule has 122 valence electrons. The first-order valence-electron chi connectivity index (χ1n) is 7.53. The smallest absolute Gasteiger partial charge is 0.107 e. The molecule has 0 bridgehead atoms. The molecule has 0 aliphatic heterocycles. The summed E-state index contributed by atoms with van der Waals surface area (Å²) in [6.07, 6.45) is 4.57. The van der Waals surface area contributed by atoms with Crippen LogP contribution in [0.4, 0.5) is 0 Å². The van der Waals surface area contributed by atoms with E-state index < -0.39 is 6.10 Å². The number of aryl methyl sites for hydroxylation is 2. The molecule has 0 amide bonds. The molecular weight excluding hydrogens is 278 g/mol. The topological polar surface area (TPSA) is 41.9 Å². The Morgan fingerprint density at radius 3 is 2.82 bits per heavy atom. The number of nitrogens with zero attached hydrogens (tertiary/aromatic N) is 1. The van der Waals surface area contributed by atoms with Crippen molar-refractivity contribution in [1.82, 2.24) is 4.90 Å². The minimum absolute atomic E-state index is 0.228. The van der Waals surface area contributed by atoms with Crippen LogP contribution in [0.25, 0.3) is 0 Å². The van der Waals surface area contributed by atoms with Gasteiger partial charge in [0.25, 0.3) is 0 Å². The van der Waals surface area contributed by atoms with Crippen LogP contribution in [0.15, 0.2) is 18.2 Å². The van der Waals surface area contributed by atoms with Gasteiger partial charge in [-0.2, -0.15) is 0 Å². The Labute approximate surface area is 134 Å². The van der Waals surface area contributed by atoms with Gasteiger partial charge in [-0.05, 0) is 25.0 Å². The van der Waals surface area contributed by atoms with Gasteiger partial charge in [-0.25, -0.2) is 0 Å². The second kappa shape index (κ2) is 10.4. The summed E-state index contributed by atoms with van der Waals surface area (Å²) in [4.78, 5) is 2.18. The molecule has 22 heavy (non-hydrogen) atoms. The number of ether oxygens (including phenoxy) is 2. The van der Waals surface area contributed by atoms with E-state index in [1.54, 1.807) is 7.11 Å². The van der Waals surface area contributed by atoms with Crippen LogP contribution in [0.2, 0.25) is 0 Å². The highest BCUT2D eigenvalue weighted by atomic mass is 16.5. The highest BCUT2D eigenvalue weighted by Gasteiger charge is 2.13. The molecule has 1 N–H and O–H groups in total. The third-order valence-corrected chi connectivity index (χ3v) is 3.47. The molecule has 4 heteroatoms. The fourth-order valence-corrected chi connectivity index (χ4v) is 2.27. The molecule has 1 aromatic carbocycles.